The maximum atomic E-state index is 12.0. The number of carboxylic acids is 1. The number of carboxylic acid groups (broad SMARTS) is 1. The Hall–Kier alpha value is -2.08. The fourth-order valence-electron chi connectivity index (χ4n) is 2.84. The van der Waals surface area contributed by atoms with E-state index in [1.54, 1.807) is 35.0 Å². The molecule has 2 aromatic heterocycles. The van der Waals surface area contributed by atoms with E-state index in [1.807, 2.05) is 13.8 Å². The molecule has 5 nitrogen and oxygen atoms in total. The number of hydrogen-bond acceptors (Lipinski definition) is 3. The summed E-state index contributed by atoms with van der Waals surface area (Å²) in [6, 6.07) is 6.77. The van der Waals surface area contributed by atoms with Gasteiger partial charge < -0.3 is 9.67 Å². The van der Waals surface area contributed by atoms with Crippen molar-refractivity contribution in [3.63, 3.8) is 0 Å². The summed E-state index contributed by atoms with van der Waals surface area (Å²) in [5, 5.41) is 11.3. The zero-order chi connectivity index (χ0) is 19.7. The van der Waals surface area contributed by atoms with Crippen molar-refractivity contribution in [3.8, 4) is 11.4 Å². The molecule has 140 valence electrons. The molecule has 0 aliphatic carbocycles. The van der Waals surface area contributed by atoms with E-state index in [4.69, 9.17) is 34.8 Å². The highest BCUT2D eigenvalue weighted by Gasteiger charge is 2.26. The number of pyridine rings is 1. The molecule has 1 N–H and O–H groups in total. The van der Waals surface area contributed by atoms with E-state index < -0.39 is 5.97 Å². The molecule has 3 rings (SSSR count). The highest BCUT2D eigenvalue weighted by Crippen LogP contribution is 2.30. The van der Waals surface area contributed by atoms with Crippen molar-refractivity contribution in [2.24, 2.45) is 0 Å². The van der Waals surface area contributed by atoms with E-state index in [-0.39, 0.29) is 18.2 Å². The second-order valence-electron chi connectivity index (χ2n) is 6.34. The Labute approximate surface area is 171 Å². The van der Waals surface area contributed by atoms with Gasteiger partial charge in [0.25, 0.3) is 0 Å². The number of carbonyl (C=O) groups is 1. The molecule has 0 atom stereocenters. The molecule has 0 aliphatic heterocycles. The fourth-order valence-corrected chi connectivity index (χ4v) is 3.39. The molecular formula is C19H16Cl3N3O2. The van der Waals surface area contributed by atoms with Gasteiger partial charge in [-0.25, -0.2) is 9.78 Å². The zero-order valence-electron chi connectivity index (χ0n) is 14.6. The monoisotopic (exact) mass is 423 g/mol. The molecule has 2 heterocycles. The van der Waals surface area contributed by atoms with Gasteiger partial charge in [0, 0.05) is 28.0 Å². The molecule has 0 saturated heterocycles. The molecule has 0 fully saturated rings. The molecule has 0 saturated carbocycles. The summed E-state index contributed by atoms with van der Waals surface area (Å²) < 4.78 is 1.61. The van der Waals surface area contributed by atoms with Crippen LogP contribution in [0.25, 0.3) is 11.4 Å². The lowest BCUT2D eigenvalue weighted by Gasteiger charge is -2.13. The van der Waals surface area contributed by atoms with Gasteiger partial charge in [-0.1, -0.05) is 48.7 Å². The SMILES string of the molecule is CC(C)c1nc(-c2cncc(Cl)c2)n(Cc2cc(Cl)ccc2Cl)c1C(=O)O. The highest BCUT2D eigenvalue weighted by molar-refractivity contribution is 6.33. The molecule has 0 unspecified atom stereocenters. The second kappa shape index (κ2) is 7.89. The number of halogens is 3. The van der Waals surface area contributed by atoms with Gasteiger partial charge in [-0.15, -0.1) is 0 Å². The first-order valence-electron chi connectivity index (χ1n) is 8.16. The van der Waals surface area contributed by atoms with Crippen LogP contribution < -0.4 is 0 Å². The van der Waals surface area contributed by atoms with Gasteiger partial charge >= 0.3 is 5.97 Å². The summed E-state index contributed by atoms with van der Waals surface area (Å²) in [4.78, 5) is 20.7. The minimum atomic E-state index is -1.06. The van der Waals surface area contributed by atoms with E-state index in [2.05, 4.69) is 9.97 Å². The molecule has 27 heavy (non-hydrogen) atoms. The van der Waals surface area contributed by atoms with Gasteiger partial charge in [0.2, 0.25) is 0 Å². The Morgan fingerprint density at radius 3 is 2.52 bits per heavy atom. The molecule has 0 amide bonds. The van der Waals surface area contributed by atoms with Crippen molar-refractivity contribution < 1.29 is 9.90 Å². The second-order valence-corrected chi connectivity index (χ2v) is 7.62. The molecule has 1 aromatic carbocycles. The smallest absolute Gasteiger partial charge is 0.354 e. The van der Waals surface area contributed by atoms with E-state index in [9.17, 15) is 9.90 Å². The van der Waals surface area contributed by atoms with Crippen LogP contribution in [0.2, 0.25) is 15.1 Å². The lowest BCUT2D eigenvalue weighted by molar-refractivity contribution is 0.0684. The molecule has 0 spiro atoms. The van der Waals surface area contributed by atoms with Crippen LogP contribution in [0.4, 0.5) is 0 Å². The number of imidazole rings is 1. The Balaban J connectivity index is 2.25. The standard InChI is InChI=1S/C19H16Cl3N3O2/c1-10(2)16-17(19(26)27)25(9-12-6-13(20)3-4-15(12)22)18(24-16)11-5-14(21)8-23-7-11/h3-8,10H,9H2,1-2H3,(H,26,27). The van der Waals surface area contributed by atoms with Gasteiger partial charge in [-0.3, -0.25) is 4.98 Å². The third kappa shape index (κ3) is 4.10. The largest absolute Gasteiger partial charge is 0.477 e. The Kier molecular flexibility index (Phi) is 5.75. The van der Waals surface area contributed by atoms with Crippen molar-refractivity contribution >= 4 is 40.8 Å². The molecule has 0 aliphatic rings. The summed E-state index contributed by atoms with van der Waals surface area (Å²) in [6.07, 6.45) is 3.10. The highest BCUT2D eigenvalue weighted by atomic mass is 35.5. The van der Waals surface area contributed by atoms with Gasteiger partial charge in [-0.2, -0.15) is 0 Å². The first-order chi connectivity index (χ1) is 12.8. The van der Waals surface area contributed by atoms with Crippen LogP contribution in [0.1, 0.15) is 41.5 Å². The third-order valence-electron chi connectivity index (χ3n) is 4.04. The Morgan fingerprint density at radius 1 is 1.15 bits per heavy atom. The van der Waals surface area contributed by atoms with Crippen LogP contribution in [-0.4, -0.2) is 25.6 Å². The average molecular weight is 425 g/mol. The Morgan fingerprint density at radius 2 is 1.89 bits per heavy atom. The summed E-state index contributed by atoms with van der Waals surface area (Å²) in [6.45, 7) is 3.99. The average Bonchev–Trinajstić information content (AvgIpc) is 2.98. The number of benzene rings is 1. The topological polar surface area (TPSA) is 68.0 Å². The van der Waals surface area contributed by atoms with Crippen LogP contribution in [0.5, 0.6) is 0 Å². The van der Waals surface area contributed by atoms with Crippen molar-refractivity contribution in [1.29, 1.82) is 0 Å². The number of aromatic nitrogens is 3. The molecule has 0 bridgehead atoms. The van der Waals surface area contributed by atoms with Crippen LogP contribution in [-0.2, 0) is 6.54 Å². The van der Waals surface area contributed by atoms with E-state index in [0.717, 1.165) is 0 Å². The minimum absolute atomic E-state index is 0.0851. The predicted molar refractivity (Wildman–Crippen MR) is 107 cm³/mol. The fraction of sp³-hybridized carbons (Fsp3) is 0.211. The third-order valence-corrected chi connectivity index (χ3v) is 4.85. The first-order valence-corrected chi connectivity index (χ1v) is 9.30. The van der Waals surface area contributed by atoms with Gasteiger partial charge in [0.05, 0.1) is 17.3 Å². The zero-order valence-corrected chi connectivity index (χ0v) is 16.8. The number of aromatic carboxylic acids is 1. The van der Waals surface area contributed by atoms with Crippen LogP contribution >= 0.6 is 34.8 Å². The quantitative estimate of drug-likeness (QED) is 0.564. The number of hydrogen-bond donors (Lipinski definition) is 1. The summed E-state index contributed by atoms with van der Waals surface area (Å²) >= 11 is 18.5. The maximum absolute atomic E-state index is 12.0. The van der Waals surface area contributed by atoms with Crippen LogP contribution in [0.15, 0.2) is 36.7 Å². The van der Waals surface area contributed by atoms with E-state index in [1.165, 1.54) is 6.20 Å². The van der Waals surface area contributed by atoms with Crippen molar-refractivity contribution in [3.05, 3.63) is 68.7 Å². The summed E-state index contributed by atoms with van der Waals surface area (Å²) in [5.41, 5.74) is 1.90. The molecule has 3 aromatic rings. The van der Waals surface area contributed by atoms with Crippen LogP contribution in [0, 0.1) is 0 Å². The maximum Gasteiger partial charge on any atom is 0.354 e. The molecular weight excluding hydrogens is 409 g/mol. The predicted octanol–water partition coefficient (Wildman–Crippen LogP) is 5.78. The number of rotatable bonds is 5. The lowest BCUT2D eigenvalue weighted by Crippen LogP contribution is -2.13. The Bertz CT molecular complexity index is 1020. The summed E-state index contributed by atoms with van der Waals surface area (Å²) in [5.74, 6) is -0.689. The van der Waals surface area contributed by atoms with Crippen molar-refractivity contribution in [2.75, 3.05) is 0 Å². The number of nitrogens with zero attached hydrogens (tertiary/aromatic N) is 3. The molecule has 8 heteroatoms. The molecule has 0 radical (unpaired) electrons. The van der Waals surface area contributed by atoms with Crippen molar-refractivity contribution in [1.82, 2.24) is 14.5 Å². The van der Waals surface area contributed by atoms with Gasteiger partial charge in [-0.05, 0) is 35.7 Å². The van der Waals surface area contributed by atoms with Crippen LogP contribution in [0.3, 0.4) is 0 Å². The van der Waals surface area contributed by atoms with Gasteiger partial charge in [0.1, 0.15) is 5.82 Å². The van der Waals surface area contributed by atoms with Crippen molar-refractivity contribution in [2.45, 2.75) is 26.3 Å². The summed E-state index contributed by atoms with van der Waals surface area (Å²) in [7, 11) is 0. The lowest BCUT2D eigenvalue weighted by atomic mass is 10.1. The normalized spacial score (nSPS) is 11.2. The van der Waals surface area contributed by atoms with E-state index >= 15 is 0 Å². The van der Waals surface area contributed by atoms with E-state index in [0.29, 0.717) is 37.7 Å². The van der Waals surface area contributed by atoms with Gasteiger partial charge in [0.15, 0.2) is 5.69 Å². The minimum Gasteiger partial charge on any atom is -0.477 e. The first kappa shape index (κ1) is 19.7.